The largest absolute Gasteiger partial charge is 0.347 e. The van der Waals surface area contributed by atoms with Gasteiger partial charge in [-0.05, 0) is 12.1 Å². The van der Waals surface area contributed by atoms with Crippen LogP contribution in [0.3, 0.4) is 0 Å². The van der Waals surface area contributed by atoms with Crippen LogP contribution < -0.4 is 5.32 Å². The molecule has 8 heteroatoms. The van der Waals surface area contributed by atoms with Gasteiger partial charge < -0.3 is 5.32 Å². The second-order valence-corrected chi connectivity index (χ2v) is 4.98. The Balaban J connectivity index is 2.18. The summed E-state index contributed by atoms with van der Waals surface area (Å²) < 4.78 is 0. The lowest BCUT2D eigenvalue weighted by atomic mass is 10.1. The summed E-state index contributed by atoms with van der Waals surface area (Å²) in [5.41, 5.74) is 1.32. The maximum absolute atomic E-state index is 11.9. The lowest BCUT2D eigenvalue weighted by Crippen LogP contribution is -2.23. The van der Waals surface area contributed by atoms with Gasteiger partial charge in [-0.3, -0.25) is 19.9 Å². The van der Waals surface area contributed by atoms with Crippen molar-refractivity contribution in [1.82, 2.24) is 10.3 Å². The smallest absolute Gasteiger partial charge is 0.282 e. The van der Waals surface area contributed by atoms with Crippen molar-refractivity contribution < 1.29 is 9.72 Å². The second kappa shape index (κ2) is 5.77. The number of nitro groups is 1. The molecule has 1 amide bonds. The molecule has 0 bridgehead atoms. The molecule has 2 aromatic rings. The molecular weight excluding hydrogens is 290 g/mol. The molecule has 0 aliphatic carbocycles. The normalized spacial score (nSPS) is 10.2. The molecule has 1 aromatic heterocycles. The van der Waals surface area contributed by atoms with Crippen LogP contribution in [0, 0.1) is 10.1 Å². The van der Waals surface area contributed by atoms with E-state index >= 15 is 0 Å². The molecule has 0 fully saturated rings. The molecule has 0 radical (unpaired) electrons. The maximum atomic E-state index is 11.9. The third-order valence-electron chi connectivity index (χ3n) is 2.31. The molecule has 0 atom stereocenters. The number of halogens is 1. The van der Waals surface area contributed by atoms with E-state index in [1.165, 1.54) is 29.5 Å². The predicted molar refractivity (Wildman–Crippen MR) is 71.4 cm³/mol. The van der Waals surface area contributed by atoms with Gasteiger partial charge in [0.2, 0.25) is 0 Å². The number of thiazole rings is 1. The predicted octanol–water partition coefficient (Wildman–Crippen LogP) is 2.63. The third-order valence-corrected chi connectivity index (χ3v) is 3.32. The average Bonchev–Trinajstić information content (AvgIpc) is 2.88. The summed E-state index contributed by atoms with van der Waals surface area (Å²) in [6, 6.07) is 3.87. The van der Waals surface area contributed by atoms with Crippen LogP contribution in [0.4, 0.5) is 5.69 Å². The van der Waals surface area contributed by atoms with Gasteiger partial charge in [0.1, 0.15) is 5.56 Å². The summed E-state index contributed by atoms with van der Waals surface area (Å²) in [5, 5.41) is 13.7. The number of benzene rings is 1. The standard InChI is InChI=1S/C11H8ClN3O3S/c12-7-1-2-10(15(17)18)9(3-7)11(16)14-5-8-4-13-6-19-8/h1-4,6H,5H2,(H,14,16). The number of rotatable bonds is 4. The average molecular weight is 298 g/mol. The van der Waals surface area contributed by atoms with E-state index in [1.54, 1.807) is 11.7 Å². The SMILES string of the molecule is O=C(NCc1cncs1)c1cc(Cl)ccc1[N+](=O)[O-]. The topological polar surface area (TPSA) is 85.1 Å². The van der Waals surface area contributed by atoms with E-state index in [2.05, 4.69) is 10.3 Å². The van der Waals surface area contributed by atoms with Crippen molar-refractivity contribution in [3.05, 3.63) is 55.5 Å². The minimum Gasteiger partial charge on any atom is -0.347 e. The highest BCUT2D eigenvalue weighted by Gasteiger charge is 2.20. The number of nitro benzene ring substituents is 1. The Labute approximate surface area is 117 Å². The molecule has 0 unspecified atom stereocenters. The number of amides is 1. The molecular formula is C11H8ClN3O3S. The van der Waals surface area contributed by atoms with Crippen molar-refractivity contribution in [3.8, 4) is 0 Å². The van der Waals surface area contributed by atoms with E-state index in [0.717, 1.165) is 4.88 Å². The van der Waals surface area contributed by atoms with Crippen molar-refractivity contribution >= 4 is 34.5 Å². The number of hydrogen-bond acceptors (Lipinski definition) is 5. The van der Waals surface area contributed by atoms with E-state index in [4.69, 9.17) is 11.6 Å². The van der Waals surface area contributed by atoms with Gasteiger partial charge in [0.25, 0.3) is 11.6 Å². The Morgan fingerprint density at radius 3 is 2.95 bits per heavy atom. The lowest BCUT2D eigenvalue weighted by molar-refractivity contribution is -0.385. The summed E-state index contributed by atoms with van der Waals surface area (Å²) in [4.78, 5) is 26.9. The lowest BCUT2D eigenvalue weighted by Gasteiger charge is -2.04. The Kier molecular flexibility index (Phi) is 4.08. The quantitative estimate of drug-likeness (QED) is 0.694. The molecule has 6 nitrogen and oxygen atoms in total. The van der Waals surface area contributed by atoms with Gasteiger partial charge >= 0.3 is 0 Å². The molecule has 2 rings (SSSR count). The van der Waals surface area contributed by atoms with Gasteiger partial charge in [-0.25, -0.2) is 0 Å². The second-order valence-electron chi connectivity index (χ2n) is 3.57. The zero-order valence-corrected chi connectivity index (χ0v) is 11.1. The van der Waals surface area contributed by atoms with Gasteiger partial charge in [-0.15, -0.1) is 11.3 Å². The van der Waals surface area contributed by atoms with Crippen LogP contribution in [0.15, 0.2) is 29.9 Å². The van der Waals surface area contributed by atoms with Crippen LogP contribution in [0.25, 0.3) is 0 Å². The molecule has 19 heavy (non-hydrogen) atoms. The first-order valence-corrected chi connectivity index (χ1v) is 6.43. The maximum Gasteiger partial charge on any atom is 0.282 e. The van der Waals surface area contributed by atoms with Gasteiger partial charge in [-0.2, -0.15) is 0 Å². The summed E-state index contributed by atoms with van der Waals surface area (Å²) in [5.74, 6) is -0.539. The number of carbonyl (C=O) groups is 1. The summed E-state index contributed by atoms with van der Waals surface area (Å²) >= 11 is 7.14. The minimum absolute atomic E-state index is 0.0537. The zero-order chi connectivity index (χ0) is 13.8. The van der Waals surface area contributed by atoms with Crippen LogP contribution in [0.5, 0.6) is 0 Å². The molecule has 1 aromatic carbocycles. The van der Waals surface area contributed by atoms with Gasteiger partial charge in [-0.1, -0.05) is 11.6 Å². The Morgan fingerprint density at radius 2 is 2.32 bits per heavy atom. The van der Waals surface area contributed by atoms with Crippen molar-refractivity contribution in [2.75, 3.05) is 0 Å². The van der Waals surface area contributed by atoms with Crippen molar-refractivity contribution in [2.24, 2.45) is 0 Å². The number of aromatic nitrogens is 1. The van der Waals surface area contributed by atoms with E-state index in [0.29, 0.717) is 0 Å². The zero-order valence-electron chi connectivity index (χ0n) is 9.50. The van der Waals surface area contributed by atoms with E-state index in [9.17, 15) is 14.9 Å². The summed E-state index contributed by atoms with van der Waals surface area (Å²) in [6.07, 6.45) is 1.62. The van der Waals surface area contributed by atoms with E-state index < -0.39 is 10.8 Å². The minimum atomic E-state index is -0.613. The highest BCUT2D eigenvalue weighted by molar-refractivity contribution is 7.09. The fraction of sp³-hybridized carbons (Fsp3) is 0.0909. The number of nitrogens with zero attached hydrogens (tertiary/aromatic N) is 2. The molecule has 0 saturated heterocycles. The first kappa shape index (κ1) is 13.4. The molecule has 0 spiro atoms. The summed E-state index contributed by atoms with van der Waals surface area (Å²) in [7, 11) is 0. The first-order valence-electron chi connectivity index (χ1n) is 5.17. The molecule has 0 aliphatic heterocycles. The first-order chi connectivity index (χ1) is 9.08. The van der Waals surface area contributed by atoms with Crippen LogP contribution >= 0.6 is 22.9 Å². The van der Waals surface area contributed by atoms with Crippen molar-refractivity contribution in [1.29, 1.82) is 0 Å². The molecule has 0 saturated carbocycles. The van der Waals surface area contributed by atoms with Crippen LogP contribution in [-0.2, 0) is 6.54 Å². The molecule has 0 aliphatic rings. The van der Waals surface area contributed by atoms with Crippen LogP contribution in [-0.4, -0.2) is 15.8 Å². The Bertz CT molecular complexity index is 616. The van der Waals surface area contributed by atoms with Crippen molar-refractivity contribution in [2.45, 2.75) is 6.54 Å². The number of carbonyl (C=O) groups excluding carboxylic acids is 1. The Morgan fingerprint density at radius 1 is 1.53 bits per heavy atom. The summed E-state index contributed by atoms with van der Waals surface area (Å²) in [6.45, 7) is 0.271. The molecule has 98 valence electrons. The van der Waals surface area contributed by atoms with E-state index in [-0.39, 0.29) is 22.8 Å². The fourth-order valence-corrected chi connectivity index (χ4v) is 2.15. The van der Waals surface area contributed by atoms with Crippen molar-refractivity contribution in [3.63, 3.8) is 0 Å². The monoisotopic (exact) mass is 297 g/mol. The van der Waals surface area contributed by atoms with Crippen LogP contribution in [0.2, 0.25) is 5.02 Å². The van der Waals surface area contributed by atoms with Gasteiger partial charge in [0.05, 0.1) is 17.0 Å². The highest BCUT2D eigenvalue weighted by atomic mass is 35.5. The van der Waals surface area contributed by atoms with Gasteiger partial charge in [0, 0.05) is 22.2 Å². The van der Waals surface area contributed by atoms with Gasteiger partial charge in [0.15, 0.2) is 0 Å². The number of hydrogen-bond donors (Lipinski definition) is 1. The number of nitrogens with one attached hydrogen (secondary N) is 1. The molecule has 1 N–H and O–H groups in total. The third kappa shape index (κ3) is 3.27. The Hall–Kier alpha value is -1.99. The fourth-order valence-electron chi connectivity index (χ4n) is 1.44. The molecule has 1 heterocycles. The van der Waals surface area contributed by atoms with E-state index in [1.807, 2.05) is 0 Å². The van der Waals surface area contributed by atoms with Crippen LogP contribution in [0.1, 0.15) is 15.2 Å². The highest BCUT2D eigenvalue weighted by Crippen LogP contribution is 2.22.